The van der Waals surface area contributed by atoms with E-state index in [1.165, 1.54) is 21.9 Å². The number of hydrogen-bond acceptors (Lipinski definition) is 2. The second-order valence-corrected chi connectivity index (χ2v) is 4.47. The molecule has 0 fully saturated rings. The Balaban J connectivity index is 2.37. The van der Waals surface area contributed by atoms with Crippen LogP contribution in [0.4, 0.5) is 0 Å². The number of rotatable bonds is 6. The molecular formula is C16H18ClNO. The number of fused-ring (bicyclic) bond motifs is 1. The van der Waals surface area contributed by atoms with Crippen molar-refractivity contribution in [3.63, 3.8) is 0 Å². The molecule has 2 aromatic carbocycles. The molecule has 3 heteroatoms. The number of hydrogen-bond donors (Lipinski definition) is 1. The number of ether oxygens (including phenoxy) is 1. The van der Waals surface area contributed by atoms with E-state index < -0.39 is 0 Å². The molecule has 0 heterocycles. The lowest BCUT2D eigenvalue weighted by Gasteiger charge is -2.13. The number of halogens is 1. The van der Waals surface area contributed by atoms with E-state index in [1.54, 1.807) is 6.08 Å². The average Bonchev–Trinajstić information content (AvgIpc) is 2.46. The van der Waals surface area contributed by atoms with Gasteiger partial charge in [-0.25, -0.2) is 0 Å². The maximum atomic E-state index is 5.77. The highest BCUT2D eigenvalue weighted by atomic mass is 35.5. The standard InChI is InChI=1S/C16H18ClNO/c1-2-18-12-15-14-7-4-3-6-13(14)8-9-16(15)19-11-5-10-17/h3-10,18H,2,11-12H2,1H3/b10-5+. The van der Waals surface area contributed by atoms with Crippen LogP contribution in [0.1, 0.15) is 12.5 Å². The van der Waals surface area contributed by atoms with Gasteiger partial charge in [0.1, 0.15) is 12.4 Å². The Labute approximate surface area is 119 Å². The SMILES string of the molecule is CCNCc1c(OC/C=C/Cl)ccc2ccccc12. The van der Waals surface area contributed by atoms with Crippen LogP contribution in [0, 0.1) is 0 Å². The van der Waals surface area contributed by atoms with Crippen LogP contribution in [0.25, 0.3) is 10.8 Å². The first-order chi connectivity index (χ1) is 9.36. The molecule has 0 amide bonds. The molecule has 0 saturated carbocycles. The van der Waals surface area contributed by atoms with Crippen molar-refractivity contribution in [1.82, 2.24) is 5.32 Å². The lowest BCUT2D eigenvalue weighted by molar-refractivity contribution is 0.358. The summed E-state index contributed by atoms with van der Waals surface area (Å²) in [5, 5.41) is 5.83. The predicted octanol–water partition coefficient (Wildman–Crippen LogP) is 4.08. The fourth-order valence-corrected chi connectivity index (χ4v) is 2.13. The summed E-state index contributed by atoms with van der Waals surface area (Å²) in [6, 6.07) is 12.5. The molecule has 0 aliphatic carbocycles. The molecule has 2 rings (SSSR count). The van der Waals surface area contributed by atoms with Crippen LogP contribution >= 0.6 is 11.6 Å². The van der Waals surface area contributed by atoms with E-state index in [9.17, 15) is 0 Å². The molecule has 0 aliphatic rings. The molecule has 1 N–H and O–H groups in total. The molecule has 0 aliphatic heterocycles. The molecule has 19 heavy (non-hydrogen) atoms. The zero-order valence-corrected chi connectivity index (χ0v) is 11.8. The smallest absolute Gasteiger partial charge is 0.124 e. The maximum Gasteiger partial charge on any atom is 0.124 e. The highest BCUT2D eigenvalue weighted by Gasteiger charge is 2.07. The molecule has 0 atom stereocenters. The van der Waals surface area contributed by atoms with Crippen LogP contribution in [0.15, 0.2) is 48.0 Å². The third kappa shape index (κ3) is 3.49. The number of nitrogens with one attached hydrogen (secondary N) is 1. The quantitative estimate of drug-likeness (QED) is 0.858. The fraction of sp³-hybridized carbons (Fsp3) is 0.250. The Morgan fingerprint density at radius 1 is 1.21 bits per heavy atom. The van der Waals surface area contributed by atoms with Crippen LogP contribution < -0.4 is 10.1 Å². The van der Waals surface area contributed by atoms with Crippen molar-refractivity contribution in [2.75, 3.05) is 13.2 Å². The monoisotopic (exact) mass is 275 g/mol. The summed E-state index contributed by atoms with van der Waals surface area (Å²) in [6.45, 7) is 4.32. The largest absolute Gasteiger partial charge is 0.489 e. The van der Waals surface area contributed by atoms with Gasteiger partial charge < -0.3 is 10.1 Å². The van der Waals surface area contributed by atoms with E-state index in [2.05, 4.69) is 42.6 Å². The highest BCUT2D eigenvalue weighted by Crippen LogP contribution is 2.28. The van der Waals surface area contributed by atoms with Gasteiger partial charge in [0.25, 0.3) is 0 Å². The van der Waals surface area contributed by atoms with Crippen LogP contribution in [-0.2, 0) is 6.54 Å². The van der Waals surface area contributed by atoms with Crippen molar-refractivity contribution in [1.29, 1.82) is 0 Å². The summed E-state index contributed by atoms with van der Waals surface area (Å²) >= 11 is 5.51. The third-order valence-electron chi connectivity index (χ3n) is 2.97. The topological polar surface area (TPSA) is 21.3 Å². The molecule has 0 bridgehead atoms. The first-order valence-corrected chi connectivity index (χ1v) is 6.89. The summed E-state index contributed by atoms with van der Waals surface area (Å²) in [6.07, 6.45) is 1.79. The van der Waals surface area contributed by atoms with Gasteiger partial charge in [0.2, 0.25) is 0 Å². The molecule has 2 aromatic rings. The second-order valence-electron chi connectivity index (χ2n) is 4.22. The summed E-state index contributed by atoms with van der Waals surface area (Å²) in [4.78, 5) is 0. The van der Waals surface area contributed by atoms with Gasteiger partial charge in [-0.05, 0) is 29.5 Å². The Morgan fingerprint density at radius 3 is 2.84 bits per heavy atom. The molecule has 0 saturated heterocycles. The zero-order chi connectivity index (χ0) is 13.5. The summed E-state index contributed by atoms with van der Waals surface area (Å²) in [5.41, 5.74) is 2.67. The minimum atomic E-state index is 0.487. The predicted molar refractivity (Wildman–Crippen MR) is 81.8 cm³/mol. The first kappa shape index (κ1) is 13.9. The second kappa shape index (κ2) is 7.17. The Hall–Kier alpha value is -1.51. The Bertz CT molecular complexity index is 566. The Morgan fingerprint density at radius 2 is 2.05 bits per heavy atom. The van der Waals surface area contributed by atoms with Gasteiger partial charge in [-0.15, -0.1) is 0 Å². The first-order valence-electron chi connectivity index (χ1n) is 6.46. The molecule has 100 valence electrons. The van der Waals surface area contributed by atoms with Crippen molar-refractivity contribution < 1.29 is 4.74 Å². The fourth-order valence-electron chi connectivity index (χ4n) is 2.06. The van der Waals surface area contributed by atoms with E-state index >= 15 is 0 Å². The third-order valence-corrected chi connectivity index (χ3v) is 3.15. The van der Waals surface area contributed by atoms with Gasteiger partial charge in [0, 0.05) is 17.6 Å². The van der Waals surface area contributed by atoms with Crippen molar-refractivity contribution >= 4 is 22.4 Å². The van der Waals surface area contributed by atoms with Crippen molar-refractivity contribution in [3.05, 3.63) is 53.6 Å². The lowest BCUT2D eigenvalue weighted by atomic mass is 10.0. The minimum absolute atomic E-state index is 0.487. The van der Waals surface area contributed by atoms with Crippen molar-refractivity contribution in [3.8, 4) is 5.75 Å². The summed E-state index contributed by atoms with van der Waals surface area (Å²) < 4.78 is 5.77. The molecule has 0 spiro atoms. The molecule has 0 radical (unpaired) electrons. The van der Waals surface area contributed by atoms with Gasteiger partial charge in [-0.3, -0.25) is 0 Å². The van der Waals surface area contributed by atoms with Gasteiger partial charge in [-0.2, -0.15) is 0 Å². The number of benzene rings is 2. The van der Waals surface area contributed by atoms with Crippen LogP contribution in [0.3, 0.4) is 0 Å². The van der Waals surface area contributed by atoms with Gasteiger partial charge >= 0.3 is 0 Å². The zero-order valence-electron chi connectivity index (χ0n) is 11.0. The summed E-state index contributed by atoms with van der Waals surface area (Å²) in [5.74, 6) is 0.911. The van der Waals surface area contributed by atoms with Crippen LogP contribution in [-0.4, -0.2) is 13.2 Å². The molecular weight excluding hydrogens is 258 g/mol. The lowest BCUT2D eigenvalue weighted by Crippen LogP contribution is -2.13. The summed E-state index contributed by atoms with van der Waals surface area (Å²) in [7, 11) is 0. The van der Waals surface area contributed by atoms with E-state index in [-0.39, 0.29) is 0 Å². The van der Waals surface area contributed by atoms with E-state index in [4.69, 9.17) is 16.3 Å². The normalized spacial score (nSPS) is 11.3. The van der Waals surface area contributed by atoms with E-state index in [0.29, 0.717) is 6.61 Å². The molecule has 0 aromatic heterocycles. The van der Waals surface area contributed by atoms with Gasteiger partial charge in [0.15, 0.2) is 0 Å². The van der Waals surface area contributed by atoms with Gasteiger partial charge in [0.05, 0.1) is 0 Å². The van der Waals surface area contributed by atoms with E-state index in [0.717, 1.165) is 18.8 Å². The average molecular weight is 276 g/mol. The maximum absolute atomic E-state index is 5.77. The minimum Gasteiger partial charge on any atom is -0.489 e. The Kier molecular flexibility index (Phi) is 5.25. The van der Waals surface area contributed by atoms with E-state index in [1.807, 2.05) is 6.07 Å². The van der Waals surface area contributed by atoms with Crippen LogP contribution in [0.5, 0.6) is 5.75 Å². The highest BCUT2D eigenvalue weighted by molar-refractivity contribution is 6.25. The van der Waals surface area contributed by atoms with Crippen molar-refractivity contribution in [2.45, 2.75) is 13.5 Å². The molecule has 2 nitrogen and oxygen atoms in total. The molecule has 0 unspecified atom stereocenters. The van der Waals surface area contributed by atoms with Crippen molar-refractivity contribution in [2.24, 2.45) is 0 Å². The van der Waals surface area contributed by atoms with Gasteiger partial charge in [-0.1, -0.05) is 48.9 Å². The van der Waals surface area contributed by atoms with Crippen LogP contribution in [0.2, 0.25) is 0 Å².